The highest BCUT2D eigenvalue weighted by Gasteiger charge is 2.21. The van der Waals surface area contributed by atoms with E-state index in [0.29, 0.717) is 0 Å². The number of nitrogens with zero attached hydrogens (tertiary/aromatic N) is 2. The molecular weight excluding hydrogens is 398 g/mol. The maximum absolute atomic E-state index is 13.2. The summed E-state index contributed by atoms with van der Waals surface area (Å²) in [5.41, 5.74) is 2.54. The molecule has 0 amide bonds. The van der Waals surface area contributed by atoms with Crippen molar-refractivity contribution in [2.75, 3.05) is 0 Å². The second-order valence-electron chi connectivity index (χ2n) is 3.94. The number of aromatic nitrogens is 2. The normalized spacial score (nSPS) is 13.5. The molecule has 102 valence electrons. The van der Waals surface area contributed by atoms with Crippen molar-refractivity contribution in [1.82, 2.24) is 9.97 Å². The number of aryl methyl sites for hydroxylation is 1. The van der Waals surface area contributed by atoms with Crippen molar-refractivity contribution < 1.29 is 4.39 Å². The van der Waals surface area contributed by atoms with E-state index in [1.54, 1.807) is 18.5 Å². The molecule has 0 aliphatic rings. The molecule has 0 fully saturated rings. The van der Waals surface area contributed by atoms with E-state index in [9.17, 15) is 4.39 Å². The molecule has 2 rings (SSSR count). The topological polar surface area (TPSA) is 25.8 Å². The third-order valence-electron chi connectivity index (χ3n) is 2.48. The van der Waals surface area contributed by atoms with E-state index in [1.165, 1.54) is 12.1 Å². The average Bonchev–Trinajstić information content (AvgIpc) is 2.37. The third-order valence-corrected chi connectivity index (χ3v) is 5.24. The fourth-order valence-electron chi connectivity index (χ4n) is 1.61. The molecule has 0 saturated carbocycles. The first kappa shape index (κ1) is 16.5. The summed E-state index contributed by atoms with van der Waals surface area (Å²) < 4.78 is 13.2. The molecule has 0 saturated heterocycles. The Labute approximate surface area is 134 Å². The maximum atomic E-state index is 13.2. The molecule has 0 radical (unpaired) electrons. The quantitative estimate of drug-likeness (QED) is 0.672. The monoisotopic (exact) mass is 408 g/mol. The summed E-state index contributed by atoms with van der Waals surface area (Å²) in [6.07, 6.45) is 3.41. The summed E-state index contributed by atoms with van der Waals surface area (Å²) in [6.45, 7) is 1.89. The van der Waals surface area contributed by atoms with E-state index >= 15 is 0 Å². The number of hydrogen-bond acceptors (Lipinski definition) is 2. The van der Waals surface area contributed by atoms with Crippen molar-refractivity contribution in [3.05, 3.63) is 59.4 Å². The van der Waals surface area contributed by atoms with Crippen molar-refractivity contribution >= 4 is 44.3 Å². The van der Waals surface area contributed by atoms with Gasteiger partial charge in [0.2, 0.25) is 0 Å². The molecule has 2 nitrogen and oxygen atoms in total. The number of alkyl halides is 2. The first-order valence-corrected chi connectivity index (χ1v) is 7.23. The third kappa shape index (κ3) is 4.23. The van der Waals surface area contributed by atoms with Crippen LogP contribution in [0.25, 0.3) is 0 Å². The van der Waals surface area contributed by atoms with Crippen LogP contribution in [0.15, 0.2) is 36.7 Å². The van der Waals surface area contributed by atoms with Gasteiger partial charge in [-0.1, -0.05) is 44.0 Å². The Morgan fingerprint density at radius 2 is 1.89 bits per heavy atom. The highest BCUT2D eigenvalue weighted by Crippen LogP contribution is 2.41. The van der Waals surface area contributed by atoms with Crippen LogP contribution in [0, 0.1) is 12.7 Å². The van der Waals surface area contributed by atoms with Crippen LogP contribution in [-0.4, -0.2) is 9.97 Å². The molecule has 0 aliphatic carbocycles. The Bertz CT molecular complexity index is 504. The van der Waals surface area contributed by atoms with E-state index in [1.807, 2.05) is 13.0 Å². The van der Waals surface area contributed by atoms with Gasteiger partial charge in [-0.15, -0.1) is 12.4 Å². The molecule has 2 aromatic rings. The molecule has 1 aromatic heterocycles. The Balaban J connectivity index is 0.00000180. The molecule has 0 spiro atoms. The van der Waals surface area contributed by atoms with Crippen molar-refractivity contribution in [2.45, 2.75) is 16.6 Å². The molecule has 0 aliphatic heterocycles. The predicted octanol–water partition coefficient (Wildman–Crippen LogP) is 4.92. The molecule has 19 heavy (non-hydrogen) atoms. The molecule has 0 N–H and O–H groups in total. The Morgan fingerprint density at radius 1 is 1.16 bits per heavy atom. The Morgan fingerprint density at radius 3 is 2.53 bits per heavy atom. The predicted molar refractivity (Wildman–Crippen MR) is 83.8 cm³/mol. The lowest BCUT2D eigenvalue weighted by Crippen LogP contribution is -2.03. The van der Waals surface area contributed by atoms with Crippen LogP contribution < -0.4 is 0 Å². The van der Waals surface area contributed by atoms with Crippen LogP contribution in [0.3, 0.4) is 0 Å². The van der Waals surface area contributed by atoms with Gasteiger partial charge in [-0.05, 0) is 24.6 Å². The standard InChI is InChI=1S/C13H11Br2FN2.ClH/c1-8-6-17-7-11(18-8)13(15)12(14)9-3-2-4-10(16)5-9;/h2-7,12-13H,1H3;1H. The summed E-state index contributed by atoms with van der Waals surface area (Å²) >= 11 is 7.14. The Kier molecular flexibility index (Phi) is 6.36. The van der Waals surface area contributed by atoms with Gasteiger partial charge in [0.15, 0.2) is 0 Å². The first-order chi connectivity index (χ1) is 8.58. The second-order valence-corrected chi connectivity index (χ2v) is 5.92. The van der Waals surface area contributed by atoms with Crippen LogP contribution in [-0.2, 0) is 0 Å². The molecule has 2 atom stereocenters. The van der Waals surface area contributed by atoms with Gasteiger partial charge < -0.3 is 0 Å². The molecule has 0 bridgehead atoms. The van der Waals surface area contributed by atoms with Crippen molar-refractivity contribution in [3.8, 4) is 0 Å². The summed E-state index contributed by atoms with van der Waals surface area (Å²) in [5.74, 6) is -0.244. The van der Waals surface area contributed by atoms with Gasteiger partial charge in [-0.3, -0.25) is 9.97 Å². The van der Waals surface area contributed by atoms with E-state index in [-0.39, 0.29) is 27.9 Å². The van der Waals surface area contributed by atoms with Crippen LogP contribution >= 0.6 is 44.3 Å². The van der Waals surface area contributed by atoms with Crippen LogP contribution in [0.2, 0.25) is 0 Å². The summed E-state index contributed by atoms with van der Waals surface area (Å²) in [5, 5.41) is 0. The van der Waals surface area contributed by atoms with Gasteiger partial charge in [0, 0.05) is 12.4 Å². The number of halogens is 4. The van der Waals surface area contributed by atoms with Gasteiger partial charge in [0.05, 0.1) is 21.0 Å². The van der Waals surface area contributed by atoms with E-state index in [2.05, 4.69) is 41.8 Å². The molecule has 2 unspecified atom stereocenters. The number of rotatable bonds is 3. The average molecular weight is 411 g/mol. The smallest absolute Gasteiger partial charge is 0.123 e. The minimum Gasteiger partial charge on any atom is -0.261 e. The van der Waals surface area contributed by atoms with Crippen molar-refractivity contribution in [2.24, 2.45) is 0 Å². The van der Waals surface area contributed by atoms with Gasteiger partial charge in [0.1, 0.15) is 5.82 Å². The first-order valence-electron chi connectivity index (χ1n) is 5.40. The summed E-state index contributed by atoms with van der Waals surface area (Å²) in [4.78, 5) is 8.39. The lowest BCUT2D eigenvalue weighted by molar-refractivity contribution is 0.625. The molecule has 1 aromatic carbocycles. The molecular formula is C13H12Br2ClFN2. The van der Waals surface area contributed by atoms with Crippen LogP contribution in [0.1, 0.15) is 26.6 Å². The fraction of sp³-hybridized carbons (Fsp3) is 0.231. The largest absolute Gasteiger partial charge is 0.261 e. The minimum absolute atomic E-state index is 0. The highest BCUT2D eigenvalue weighted by atomic mass is 79.9. The zero-order valence-electron chi connectivity index (χ0n) is 10.1. The highest BCUT2D eigenvalue weighted by molar-refractivity contribution is 9.12. The van der Waals surface area contributed by atoms with Crippen molar-refractivity contribution in [3.63, 3.8) is 0 Å². The zero-order valence-corrected chi connectivity index (χ0v) is 14.0. The fourth-order valence-corrected chi connectivity index (χ4v) is 2.69. The van der Waals surface area contributed by atoms with Gasteiger partial charge >= 0.3 is 0 Å². The minimum atomic E-state index is -0.244. The van der Waals surface area contributed by atoms with E-state index in [0.717, 1.165) is 17.0 Å². The number of hydrogen-bond donors (Lipinski definition) is 0. The van der Waals surface area contributed by atoms with Gasteiger partial charge in [-0.2, -0.15) is 0 Å². The van der Waals surface area contributed by atoms with Crippen LogP contribution in [0.5, 0.6) is 0 Å². The summed E-state index contributed by atoms with van der Waals surface area (Å²) in [7, 11) is 0. The second kappa shape index (κ2) is 7.31. The number of benzene rings is 1. The maximum Gasteiger partial charge on any atom is 0.123 e. The lowest BCUT2D eigenvalue weighted by Gasteiger charge is -2.16. The van der Waals surface area contributed by atoms with E-state index in [4.69, 9.17) is 0 Å². The Hall–Kier alpha value is -0.520. The lowest BCUT2D eigenvalue weighted by atomic mass is 10.1. The zero-order chi connectivity index (χ0) is 13.1. The SMILES string of the molecule is Cc1cncc(C(Br)C(Br)c2cccc(F)c2)n1.Cl. The summed E-state index contributed by atoms with van der Waals surface area (Å²) in [6, 6.07) is 6.51. The molecule has 1 heterocycles. The van der Waals surface area contributed by atoms with Crippen molar-refractivity contribution in [1.29, 1.82) is 0 Å². The van der Waals surface area contributed by atoms with Gasteiger partial charge in [-0.25, -0.2) is 4.39 Å². The molecule has 6 heteroatoms. The van der Waals surface area contributed by atoms with E-state index < -0.39 is 0 Å². The van der Waals surface area contributed by atoms with Gasteiger partial charge in [0.25, 0.3) is 0 Å². The van der Waals surface area contributed by atoms with Crippen LogP contribution in [0.4, 0.5) is 4.39 Å².